The molecule has 0 fully saturated rings. The second-order valence-corrected chi connectivity index (χ2v) is 7.29. The number of aldehydes is 1. The number of alkyl halides is 3. The fraction of sp³-hybridized carbons (Fsp3) is 0.154. The minimum absolute atomic E-state index is 0.201. The van der Waals surface area contributed by atoms with E-state index in [0.29, 0.717) is 33.8 Å². The van der Waals surface area contributed by atoms with Crippen molar-refractivity contribution in [3.05, 3.63) is 107 Å². The lowest BCUT2D eigenvalue weighted by Crippen LogP contribution is -2.25. The number of rotatable bonds is 8. The van der Waals surface area contributed by atoms with Crippen LogP contribution in [-0.4, -0.2) is 25.8 Å². The Hall–Kier alpha value is -3.91. The lowest BCUT2D eigenvalue weighted by Gasteiger charge is -2.07. The molecule has 34 heavy (non-hydrogen) atoms. The quantitative estimate of drug-likeness (QED) is 0.449. The van der Waals surface area contributed by atoms with E-state index in [1.807, 2.05) is 6.07 Å². The first-order chi connectivity index (χ1) is 16.1. The van der Waals surface area contributed by atoms with Crippen LogP contribution in [0.5, 0.6) is 0 Å². The van der Waals surface area contributed by atoms with Crippen molar-refractivity contribution in [3.8, 4) is 0 Å². The van der Waals surface area contributed by atoms with Crippen molar-refractivity contribution >= 4 is 23.8 Å². The van der Waals surface area contributed by atoms with Crippen LogP contribution in [-0.2, 0) is 17.4 Å². The molecule has 0 aliphatic heterocycles. The second-order valence-electron chi connectivity index (χ2n) is 7.29. The average molecular weight is 470 g/mol. The minimum Gasteiger partial charge on any atom is -0.461 e. The number of carbonyl (C=O) groups is 2. The Morgan fingerprint density at radius 2 is 1.85 bits per heavy atom. The lowest BCUT2D eigenvalue weighted by molar-refractivity contribution is -0.137. The largest absolute Gasteiger partial charge is 0.461 e. The van der Waals surface area contributed by atoms with Crippen LogP contribution in [0.25, 0.3) is 11.6 Å². The van der Waals surface area contributed by atoms with Gasteiger partial charge in [0.05, 0.1) is 12.1 Å². The Morgan fingerprint density at radius 1 is 1.15 bits per heavy atom. The number of furan rings is 1. The van der Waals surface area contributed by atoms with Crippen LogP contribution in [0.1, 0.15) is 44.1 Å². The van der Waals surface area contributed by atoms with E-state index in [9.17, 15) is 22.8 Å². The molecule has 1 aromatic heterocycles. The Balaban J connectivity index is 0.000000604. The van der Waals surface area contributed by atoms with Gasteiger partial charge < -0.3 is 15.5 Å². The number of halogens is 3. The van der Waals surface area contributed by atoms with Gasteiger partial charge in [0.25, 0.3) is 0 Å². The standard InChI is InChI=1S/C23H17F3O2.C3H8N2O/c1-3-22-21(15(2)18-8-4-7-17(10-18)14-27)13-20(28-22)12-16-6-5-9-19(11-16)23(24,25)26;1-5-2-3(4)6/h3-11,13-14H,1-2,12H2;5H,2H2,1H3,(H2,4,6). The van der Waals surface area contributed by atoms with Crippen LogP contribution in [0.15, 0.2) is 72.2 Å². The van der Waals surface area contributed by atoms with Gasteiger partial charge in [0.1, 0.15) is 17.8 Å². The highest BCUT2D eigenvalue weighted by atomic mass is 19.4. The minimum atomic E-state index is -4.39. The summed E-state index contributed by atoms with van der Waals surface area (Å²) in [6.45, 7) is 8.07. The summed E-state index contributed by atoms with van der Waals surface area (Å²) in [5.41, 5.74) is 7.08. The van der Waals surface area contributed by atoms with Gasteiger partial charge in [0, 0.05) is 17.5 Å². The van der Waals surface area contributed by atoms with Crippen LogP contribution < -0.4 is 11.1 Å². The van der Waals surface area contributed by atoms with E-state index in [0.717, 1.165) is 24.0 Å². The molecule has 0 unspecified atom stereocenters. The number of nitrogens with one attached hydrogen (secondary N) is 1. The fourth-order valence-corrected chi connectivity index (χ4v) is 3.12. The van der Waals surface area contributed by atoms with Crippen LogP contribution in [0, 0.1) is 0 Å². The normalized spacial score (nSPS) is 10.7. The number of amides is 1. The van der Waals surface area contributed by atoms with Gasteiger partial charge in [-0.05, 0) is 48.0 Å². The number of carbonyl (C=O) groups excluding carboxylic acids is 2. The van der Waals surface area contributed by atoms with E-state index in [2.05, 4.69) is 18.5 Å². The Bertz CT molecular complexity index is 1180. The SMILES string of the molecule is C=Cc1oc(Cc2cccc(C(F)(F)F)c2)cc1C(=C)c1cccc(C=O)c1.CNCC(N)=O. The summed E-state index contributed by atoms with van der Waals surface area (Å²) in [7, 11) is 1.67. The highest BCUT2D eigenvalue weighted by molar-refractivity contribution is 5.85. The van der Waals surface area contributed by atoms with Crippen molar-refractivity contribution in [1.82, 2.24) is 5.32 Å². The summed E-state index contributed by atoms with van der Waals surface area (Å²) in [5.74, 6) is 0.651. The van der Waals surface area contributed by atoms with Crippen molar-refractivity contribution in [2.24, 2.45) is 5.73 Å². The molecule has 8 heteroatoms. The van der Waals surface area contributed by atoms with Gasteiger partial charge in [-0.25, -0.2) is 0 Å². The number of primary amides is 1. The second kappa shape index (κ2) is 11.8. The summed E-state index contributed by atoms with van der Waals surface area (Å²) < 4.78 is 44.5. The van der Waals surface area contributed by atoms with Crippen molar-refractivity contribution in [2.75, 3.05) is 13.6 Å². The van der Waals surface area contributed by atoms with E-state index < -0.39 is 11.7 Å². The molecule has 0 radical (unpaired) electrons. The van der Waals surface area contributed by atoms with Crippen LogP contribution >= 0.6 is 0 Å². The number of hydrogen-bond donors (Lipinski definition) is 2. The maximum atomic E-state index is 12.9. The van der Waals surface area contributed by atoms with Crippen LogP contribution in [0.4, 0.5) is 13.2 Å². The van der Waals surface area contributed by atoms with Gasteiger partial charge in [-0.3, -0.25) is 9.59 Å². The molecule has 0 saturated carbocycles. The molecule has 5 nitrogen and oxygen atoms in total. The van der Waals surface area contributed by atoms with E-state index in [1.54, 1.807) is 37.4 Å². The number of nitrogens with two attached hydrogens (primary N) is 1. The average Bonchev–Trinajstić information content (AvgIpc) is 3.21. The predicted molar refractivity (Wildman–Crippen MR) is 126 cm³/mol. The smallest absolute Gasteiger partial charge is 0.416 e. The van der Waals surface area contributed by atoms with E-state index >= 15 is 0 Å². The third-order valence-corrected chi connectivity index (χ3v) is 4.68. The molecule has 0 aliphatic rings. The molecule has 3 rings (SSSR count). The summed E-state index contributed by atoms with van der Waals surface area (Å²) in [5, 5.41) is 2.59. The molecule has 0 saturated heterocycles. The molecule has 1 amide bonds. The summed E-state index contributed by atoms with van der Waals surface area (Å²) in [4.78, 5) is 20.8. The van der Waals surface area contributed by atoms with Gasteiger partial charge in [0.15, 0.2) is 0 Å². The highest BCUT2D eigenvalue weighted by Crippen LogP contribution is 2.32. The highest BCUT2D eigenvalue weighted by Gasteiger charge is 2.30. The summed E-state index contributed by atoms with van der Waals surface area (Å²) in [6.07, 6.45) is -1.92. The summed E-state index contributed by atoms with van der Waals surface area (Å²) >= 11 is 0. The Labute approximate surface area is 195 Å². The van der Waals surface area contributed by atoms with E-state index in [1.165, 1.54) is 12.1 Å². The zero-order chi connectivity index (χ0) is 25.3. The molecule has 3 N–H and O–H groups in total. The van der Waals surface area contributed by atoms with Crippen molar-refractivity contribution < 1.29 is 27.2 Å². The van der Waals surface area contributed by atoms with Crippen molar-refractivity contribution in [1.29, 1.82) is 0 Å². The molecule has 2 aromatic carbocycles. The van der Waals surface area contributed by atoms with Gasteiger partial charge in [-0.1, -0.05) is 49.6 Å². The lowest BCUT2D eigenvalue weighted by atomic mass is 9.97. The van der Waals surface area contributed by atoms with Gasteiger partial charge in [0.2, 0.25) is 5.91 Å². The molecule has 0 bridgehead atoms. The molecular weight excluding hydrogens is 445 g/mol. The van der Waals surface area contributed by atoms with Crippen LogP contribution in [0.3, 0.4) is 0 Å². The van der Waals surface area contributed by atoms with Crippen LogP contribution in [0.2, 0.25) is 0 Å². The maximum absolute atomic E-state index is 12.9. The Morgan fingerprint density at radius 3 is 2.41 bits per heavy atom. The third kappa shape index (κ3) is 7.31. The maximum Gasteiger partial charge on any atom is 0.416 e. The summed E-state index contributed by atoms with van der Waals surface area (Å²) in [6, 6.07) is 13.9. The van der Waals surface area contributed by atoms with Crippen molar-refractivity contribution in [3.63, 3.8) is 0 Å². The van der Waals surface area contributed by atoms with Crippen molar-refractivity contribution in [2.45, 2.75) is 12.6 Å². The first kappa shape index (κ1) is 26.3. The third-order valence-electron chi connectivity index (χ3n) is 4.68. The molecule has 178 valence electrons. The van der Waals surface area contributed by atoms with Gasteiger partial charge in [-0.15, -0.1) is 0 Å². The molecule has 3 aromatic rings. The predicted octanol–water partition coefficient (Wildman–Crippen LogP) is 5.10. The molecule has 0 aliphatic carbocycles. The first-order valence-corrected chi connectivity index (χ1v) is 10.2. The molecule has 0 atom stereocenters. The monoisotopic (exact) mass is 470 g/mol. The fourth-order valence-electron chi connectivity index (χ4n) is 3.12. The first-order valence-electron chi connectivity index (χ1n) is 10.2. The zero-order valence-corrected chi connectivity index (χ0v) is 18.6. The van der Waals surface area contributed by atoms with E-state index in [4.69, 9.17) is 10.2 Å². The molecule has 1 heterocycles. The Kier molecular flexibility index (Phi) is 9.15. The van der Waals surface area contributed by atoms with E-state index in [-0.39, 0.29) is 18.9 Å². The number of hydrogen-bond acceptors (Lipinski definition) is 4. The number of likely N-dealkylation sites (N-methyl/N-ethyl adjacent to an activating group) is 1. The molecule has 0 spiro atoms. The topological polar surface area (TPSA) is 85.3 Å². The number of benzene rings is 2. The zero-order valence-electron chi connectivity index (χ0n) is 18.6. The molecular formula is C26H25F3N2O3. The van der Waals surface area contributed by atoms with Gasteiger partial charge in [-0.2, -0.15) is 13.2 Å². The van der Waals surface area contributed by atoms with Gasteiger partial charge >= 0.3 is 6.18 Å².